The van der Waals surface area contributed by atoms with E-state index in [0.29, 0.717) is 11.3 Å². The van der Waals surface area contributed by atoms with Gasteiger partial charge >= 0.3 is 0 Å². The second kappa shape index (κ2) is 8.06. The number of carbonyl (C=O) groups is 2. The predicted octanol–water partition coefficient (Wildman–Crippen LogP) is 2.67. The van der Waals surface area contributed by atoms with Crippen LogP contribution < -0.4 is 10.6 Å². The van der Waals surface area contributed by atoms with Crippen molar-refractivity contribution in [3.63, 3.8) is 0 Å². The van der Waals surface area contributed by atoms with Gasteiger partial charge in [0.15, 0.2) is 0 Å². The molecule has 3 rings (SSSR count). The maximum Gasteiger partial charge on any atom is 0.270 e. The third-order valence-corrected chi connectivity index (χ3v) is 3.62. The van der Waals surface area contributed by atoms with Gasteiger partial charge in [0, 0.05) is 18.3 Å². The monoisotopic (exact) mass is 353 g/mol. The van der Waals surface area contributed by atoms with Crippen molar-refractivity contribution in [1.29, 1.82) is 0 Å². The number of carbonyl (C=O) groups excluding carboxylic acids is 2. The van der Waals surface area contributed by atoms with Crippen molar-refractivity contribution < 1.29 is 18.4 Å². The van der Waals surface area contributed by atoms with Crippen LogP contribution in [0.15, 0.2) is 65.4 Å². The van der Waals surface area contributed by atoms with Gasteiger partial charge in [-0.15, -0.1) is 0 Å². The Morgan fingerprint density at radius 2 is 1.77 bits per heavy atom. The Hall–Kier alpha value is -3.48. The SMILES string of the molecule is O=C(NCc1ccco1)c1ccnc(C(=O)NCc2ccc(F)cc2)c1. The molecule has 0 unspecified atom stereocenters. The van der Waals surface area contributed by atoms with Gasteiger partial charge in [0.1, 0.15) is 17.3 Å². The molecular formula is C19H16FN3O3. The average molecular weight is 353 g/mol. The van der Waals surface area contributed by atoms with Crippen LogP contribution in [0.5, 0.6) is 0 Å². The minimum Gasteiger partial charge on any atom is -0.467 e. The third-order valence-electron chi connectivity index (χ3n) is 3.62. The van der Waals surface area contributed by atoms with Gasteiger partial charge in [0.05, 0.1) is 12.8 Å². The van der Waals surface area contributed by atoms with Gasteiger partial charge in [0.2, 0.25) is 0 Å². The van der Waals surface area contributed by atoms with E-state index in [0.717, 1.165) is 5.56 Å². The first kappa shape index (κ1) is 17.3. The summed E-state index contributed by atoms with van der Waals surface area (Å²) < 4.78 is 18.0. The van der Waals surface area contributed by atoms with Crippen molar-refractivity contribution in [3.8, 4) is 0 Å². The Bertz CT molecular complexity index is 893. The van der Waals surface area contributed by atoms with E-state index in [-0.39, 0.29) is 30.5 Å². The average Bonchev–Trinajstić information content (AvgIpc) is 3.19. The number of pyridine rings is 1. The summed E-state index contributed by atoms with van der Waals surface area (Å²) in [5.74, 6) is -0.467. The molecule has 0 saturated carbocycles. The summed E-state index contributed by atoms with van der Waals surface area (Å²) in [7, 11) is 0. The molecule has 7 heteroatoms. The predicted molar refractivity (Wildman–Crippen MR) is 91.7 cm³/mol. The Morgan fingerprint density at radius 1 is 1.00 bits per heavy atom. The number of aromatic nitrogens is 1. The van der Waals surface area contributed by atoms with Crippen LogP contribution in [-0.2, 0) is 13.1 Å². The van der Waals surface area contributed by atoms with Crippen molar-refractivity contribution >= 4 is 11.8 Å². The zero-order chi connectivity index (χ0) is 18.4. The van der Waals surface area contributed by atoms with Gasteiger partial charge in [-0.2, -0.15) is 0 Å². The molecular weight excluding hydrogens is 337 g/mol. The molecule has 2 aromatic heterocycles. The Labute approximate surface area is 149 Å². The van der Waals surface area contributed by atoms with E-state index in [1.807, 2.05) is 0 Å². The molecule has 2 N–H and O–H groups in total. The van der Waals surface area contributed by atoms with Gasteiger partial charge in [-0.25, -0.2) is 4.39 Å². The summed E-state index contributed by atoms with van der Waals surface area (Å²) in [6.45, 7) is 0.482. The number of benzene rings is 1. The zero-order valence-corrected chi connectivity index (χ0v) is 13.7. The molecule has 0 bridgehead atoms. The highest BCUT2D eigenvalue weighted by Gasteiger charge is 2.12. The summed E-state index contributed by atoms with van der Waals surface area (Å²) in [4.78, 5) is 28.4. The summed E-state index contributed by atoms with van der Waals surface area (Å²) in [5.41, 5.74) is 1.20. The lowest BCUT2D eigenvalue weighted by molar-refractivity contribution is 0.0946. The molecule has 2 amide bonds. The number of hydrogen-bond acceptors (Lipinski definition) is 4. The summed E-state index contributed by atoms with van der Waals surface area (Å²) in [6, 6.07) is 12.2. The normalized spacial score (nSPS) is 10.3. The van der Waals surface area contributed by atoms with E-state index < -0.39 is 5.91 Å². The second-order valence-corrected chi connectivity index (χ2v) is 5.50. The standard InChI is InChI=1S/C19H16FN3O3/c20-15-5-3-13(4-6-15)11-22-19(25)17-10-14(7-8-21-17)18(24)23-12-16-2-1-9-26-16/h1-10H,11-12H2,(H,22,25)(H,23,24). The van der Waals surface area contributed by atoms with E-state index in [2.05, 4.69) is 15.6 Å². The molecule has 3 aromatic rings. The molecule has 2 heterocycles. The molecule has 0 atom stereocenters. The maximum absolute atomic E-state index is 12.9. The molecule has 132 valence electrons. The number of furan rings is 1. The molecule has 6 nitrogen and oxygen atoms in total. The molecule has 26 heavy (non-hydrogen) atoms. The molecule has 0 radical (unpaired) electrons. The van der Waals surface area contributed by atoms with Crippen LogP contribution in [0, 0.1) is 5.82 Å². The first-order chi connectivity index (χ1) is 12.6. The summed E-state index contributed by atoms with van der Waals surface area (Å²) in [5, 5.41) is 5.39. The minimum atomic E-state index is -0.421. The van der Waals surface area contributed by atoms with Gasteiger partial charge in [-0.3, -0.25) is 14.6 Å². The fourth-order valence-corrected chi connectivity index (χ4v) is 2.25. The highest BCUT2D eigenvalue weighted by atomic mass is 19.1. The van der Waals surface area contributed by atoms with Gasteiger partial charge in [-0.1, -0.05) is 12.1 Å². The zero-order valence-electron chi connectivity index (χ0n) is 13.7. The Balaban J connectivity index is 1.59. The molecule has 0 aliphatic rings. The fraction of sp³-hybridized carbons (Fsp3) is 0.105. The fourth-order valence-electron chi connectivity index (χ4n) is 2.25. The van der Waals surface area contributed by atoms with Crippen LogP contribution in [0.4, 0.5) is 4.39 Å². The van der Waals surface area contributed by atoms with Crippen LogP contribution in [0.2, 0.25) is 0 Å². The van der Waals surface area contributed by atoms with Gasteiger partial charge in [0.25, 0.3) is 11.8 Å². The Kier molecular flexibility index (Phi) is 5.38. The van der Waals surface area contributed by atoms with E-state index in [1.54, 1.807) is 24.3 Å². The number of halogens is 1. The van der Waals surface area contributed by atoms with Crippen molar-refractivity contribution in [2.45, 2.75) is 13.1 Å². The van der Waals surface area contributed by atoms with Crippen LogP contribution in [0.25, 0.3) is 0 Å². The highest BCUT2D eigenvalue weighted by molar-refractivity contribution is 5.98. The number of nitrogens with zero attached hydrogens (tertiary/aromatic N) is 1. The lowest BCUT2D eigenvalue weighted by Crippen LogP contribution is -2.26. The highest BCUT2D eigenvalue weighted by Crippen LogP contribution is 2.06. The van der Waals surface area contributed by atoms with Crippen LogP contribution >= 0.6 is 0 Å². The van der Waals surface area contributed by atoms with Gasteiger partial charge in [-0.05, 0) is 42.0 Å². The molecule has 0 aliphatic carbocycles. The Morgan fingerprint density at radius 3 is 2.50 bits per heavy atom. The first-order valence-corrected chi connectivity index (χ1v) is 7.91. The maximum atomic E-state index is 12.9. The minimum absolute atomic E-state index is 0.123. The largest absolute Gasteiger partial charge is 0.467 e. The number of amides is 2. The number of hydrogen-bond donors (Lipinski definition) is 2. The van der Waals surface area contributed by atoms with E-state index in [4.69, 9.17) is 4.42 Å². The van der Waals surface area contributed by atoms with Crippen LogP contribution in [0.3, 0.4) is 0 Å². The van der Waals surface area contributed by atoms with Crippen molar-refractivity contribution in [2.75, 3.05) is 0 Å². The van der Waals surface area contributed by atoms with Crippen LogP contribution in [-0.4, -0.2) is 16.8 Å². The van der Waals surface area contributed by atoms with E-state index in [1.165, 1.54) is 36.7 Å². The van der Waals surface area contributed by atoms with E-state index in [9.17, 15) is 14.0 Å². The molecule has 0 fully saturated rings. The molecule has 1 aromatic carbocycles. The number of rotatable bonds is 6. The quantitative estimate of drug-likeness (QED) is 0.714. The second-order valence-electron chi connectivity index (χ2n) is 5.50. The molecule has 0 aliphatic heterocycles. The topological polar surface area (TPSA) is 84.2 Å². The van der Waals surface area contributed by atoms with Crippen molar-refractivity contribution in [1.82, 2.24) is 15.6 Å². The molecule has 0 saturated heterocycles. The van der Waals surface area contributed by atoms with E-state index >= 15 is 0 Å². The lowest BCUT2D eigenvalue weighted by Gasteiger charge is -2.07. The summed E-state index contributed by atoms with van der Waals surface area (Å²) >= 11 is 0. The van der Waals surface area contributed by atoms with Crippen molar-refractivity contribution in [2.24, 2.45) is 0 Å². The smallest absolute Gasteiger partial charge is 0.270 e. The van der Waals surface area contributed by atoms with Gasteiger partial charge < -0.3 is 15.1 Å². The number of nitrogens with one attached hydrogen (secondary N) is 2. The third kappa shape index (κ3) is 4.54. The molecule has 0 spiro atoms. The van der Waals surface area contributed by atoms with Crippen LogP contribution in [0.1, 0.15) is 32.2 Å². The van der Waals surface area contributed by atoms with Crippen molar-refractivity contribution in [3.05, 3.63) is 89.4 Å². The lowest BCUT2D eigenvalue weighted by atomic mass is 10.2. The summed E-state index contributed by atoms with van der Waals surface area (Å²) in [6.07, 6.45) is 2.92. The first-order valence-electron chi connectivity index (χ1n) is 7.91.